The molecule has 2 N–H and O–H groups in total. The Labute approximate surface area is 101 Å². The summed E-state index contributed by atoms with van der Waals surface area (Å²) in [6.07, 6.45) is 2.64. The second kappa shape index (κ2) is 5.11. The lowest BCUT2D eigenvalue weighted by Gasteiger charge is -2.37. The Kier molecular flexibility index (Phi) is 3.55. The molecule has 5 nitrogen and oxygen atoms in total. The zero-order valence-corrected chi connectivity index (χ0v) is 10.0. The van der Waals surface area contributed by atoms with Crippen LogP contribution in [0.1, 0.15) is 18.9 Å². The monoisotopic (exact) mass is 231 g/mol. The maximum Gasteiger partial charge on any atom is 0.169 e. The highest BCUT2D eigenvalue weighted by molar-refractivity contribution is 5.52. The predicted molar refractivity (Wildman–Crippen MR) is 65.3 cm³/mol. The number of rotatable bonds is 2. The highest BCUT2D eigenvalue weighted by atomic mass is 15.3. The molecule has 0 saturated carbocycles. The molecule has 1 aliphatic heterocycles. The lowest BCUT2D eigenvalue weighted by molar-refractivity contribution is 0.306. The van der Waals surface area contributed by atoms with E-state index in [1.807, 2.05) is 0 Å². The zero-order chi connectivity index (χ0) is 12.3. The van der Waals surface area contributed by atoms with Crippen LogP contribution in [0.4, 0.5) is 5.82 Å². The van der Waals surface area contributed by atoms with Gasteiger partial charge in [-0.25, -0.2) is 0 Å². The van der Waals surface area contributed by atoms with E-state index >= 15 is 0 Å². The molecule has 0 amide bonds. The molecule has 5 heteroatoms. The molecule has 1 saturated heterocycles. The third kappa shape index (κ3) is 2.37. The van der Waals surface area contributed by atoms with Crippen molar-refractivity contribution in [2.24, 2.45) is 17.6 Å². The van der Waals surface area contributed by atoms with Gasteiger partial charge in [0.05, 0.1) is 11.8 Å². The fourth-order valence-corrected chi connectivity index (χ4v) is 2.29. The molecule has 1 fully saturated rings. The Morgan fingerprint density at radius 2 is 2.47 bits per heavy atom. The van der Waals surface area contributed by atoms with Crippen molar-refractivity contribution in [3.63, 3.8) is 0 Å². The number of hydrogen-bond donors (Lipinski definition) is 1. The molecule has 2 unspecified atom stereocenters. The van der Waals surface area contributed by atoms with Crippen molar-refractivity contribution >= 4 is 5.82 Å². The van der Waals surface area contributed by atoms with Gasteiger partial charge in [0.1, 0.15) is 6.07 Å². The molecule has 0 aromatic carbocycles. The van der Waals surface area contributed by atoms with Gasteiger partial charge in [0.25, 0.3) is 0 Å². The highest BCUT2D eigenvalue weighted by Gasteiger charge is 2.27. The molecule has 2 rings (SSSR count). The van der Waals surface area contributed by atoms with E-state index in [-0.39, 0.29) is 0 Å². The maximum absolute atomic E-state index is 9.06. The summed E-state index contributed by atoms with van der Waals surface area (Å²) >= 11 is 0. The molecule has 0 aliphatic carbocycles. The molecule has 90 valence electrons. The van der Waals surface area contributed by atoms with Crippen LogP contribution in [0.5, 0.6) is 0 Å². The zero-order valence-electron chi connectivity index (χ0n) is 10.0. The Balaban J connectivity index is 2.21. The number of nitrogens with zero attached hydrogens (tertiary/aromatic N) is 4. The number of hydrogen-bond acceptors (Lipinski definition) is 5. The standard InChI is InChI=1S/C12H17N5/c1-9-3-5-17(8-11(9)7-14)12-10(6-13)2-4-15-16-12/h2,4,9,11H,3,5,7-8,14H2,1H3. The summed E-state index contributed by atoms with van der Waals surface area (Å²) in [6.45, 7) is 4.70. The van der Waals surface area contributed by atoms with Gasteiger partial charge < -0.3 is 10.6 Å². The van der Waals surface area contributed by atoms with Crippen LogP contribution in [0.25, 0.3) is 0 Å². The van der Waals surface area contributed by atoms with Crippen LogP contribution >= 0.6 is 0 Å². The lowest BCUT2D eigenvalue weighted by Crippen LogP contribution is -2.43. The molecule has 0 radical (unpaired) electrons. The number of nitrogens with two attached hydrogens (primary N) is 1. The number of piperidine rings is 1. The summed E-state index contributed by atoms with van der Waals surface area (Å²) in [6, 6.07) is 3.87. The molecular formula is C12H17N5. The minimum atomic E-state index is 0.470. The van der Waals surface area contributed by atoms with Gasteiger partial charge in [-0.2, -0.15) is 10.4 Å². The molecule has 1 aromatic rings. The largest absolute Gasteiger partial charge is 0.354 e. The SMILES string of the molecule is CC1CCN(c2nnccc2C#N)CC1CN. The van der Waals surface area contributed by atoms with E-state index in [1.165, 1.54) is 0 Å². The van der Waals surface area contributed by atoms with Gasteiger partial charge in [-0.3, -0.25) is 0 Å². The Morgan fingerprint density at radius 3 is 3.18 bits per heavy atom. The molecule has 1 aromatic heterocycles. The average Bonchev–Trinajstić information content (AvgIpc) is 2.39. The first-order chi connectivity index (χ1) is 8.26. The quantitative estimate of drug-likeness (QED) is 0.813. The molecule has 0 spiro atoms. The van der Waals surface area contributed by atoms with Crippen LogP contribution in [-0.2, 0) is 0 Å². The first-order valence-electron chi connectivity index (χ1n) is 5.93. The van der Waals surface area contributed by atoms with E-state index in [1.54, 1.807) is 12.3 Å². The minimum absolute atomic E-state index is 0.470. The van der Waals surface area contributed by atoms with Gasteiger partial charge in [-0.15, -0.1) is 5.10 Å². The van der Waals surface area contributed by atoms with Crippen LogP contribution in [0.15, 0.2) is 12.3 Å². The summed E-state index contributed by atoms with van der Waals surface area (Å²) in [5.41, 5.74) is 6.37. The normalized spacial score (nSPS) is 24.4. The average molecular weight is 231 g/mol. The van der Waals surface area contributed by atoms with Gasteiger partial charge in [0.15, 0.2) is 5.82 Å². The van der Waals surface area contributed by atoms with E-state index in [9.17, 15) is 0 Å². The van der Waals surface area contributed by atoms with Crippen molar-refractivity contribution in [2.45, 2.75) is 13.3 Å². The van der Waals surface area contributed by atoms with E-state index in [2.05, 4.69) is 28.1 Å². The van der Waals surface area contributed by atoms with Crippen molar-refractivity contribution in [2.75, 3.05) is 24.5 Å². The van der Waals surface area contributed by atoms with Crippen molar-refractivity contribution in [3.05, 3.63) is 17.8 Å². The van der Waals surface area contributed by atoms with Crippen LogP contribution < -0.4 is 10.6 Å². The van der Waals surface area contributed by atoms with Crippen LogP contribution in [0, 0.1) is 23.2 Å². The highest BCUT2D eigenvalue weighted by Crippen LogP contribution is 2.26. The first-order valence-corrected chi connectivity index (χ1v) is 5.93. The van der Waals surface area contributed by atoms with Crippen LogP contribution in [-0.4, -0.2) is 29.8 Å². The first kappa shape index (κ1) is 11.8. The van der Waals surface area contributed by atoms with E-state index < -0.39 is 0 Å². The summed E-state index contributed by atoms with van der Waals surface area (Å²) in [5, 5.41) is 17.0. The maximum atomic E-state index is 9.06. The predicted octanol–water partition coefficient (Wildman–Crippen LogP) is 0.769. The second-order valence-electron chi connectivity index (χ2n) is 4.59. The van der Waals surface area contributed by atoms with Crippen molar-refractivity contribution in [3.8, 4) is 6.07 Å². The van der Waals surface area contributed by atoms with Crippen molar-refractivity contribution < 1.29 is 0 Å². The lowest BCUT2D eigenvalue weighted by atomic mass is 9.87. The fourth-order valence-electron chi connectivity index (χ4n) is 2.29. The third-order valence-corrected chi connectivity index (χ3v) is 3.54. The second-order valence-corrected chi connectivity index (χ2v) is 4.59. The van der Waals surface area contributed by atoms with Gasteiger partial charge in [0.2, 0.25) is 0 Å². The van der Waals surface area contributed by atoms with Gasteiger partial charge in [-0.1, -0.05) is 6.92 Å². The van der Waals surface area contributed by atoms with Crippen LogP contribution in [0.2, 0.25) is 0 Å². The Hall–Kier alpha value is -1.67. The molecular weight excluding hydrogens is 214 g/mol. The summed E-state index contributed by atoms with van der Waals surface area (Å²) in [4.78, 5) is 2.13. The fraction of sp³-hybridized carbons (Fsp3) is 0.583. The Bertz CT molecular complexity index is 425. The van der Waals surface area contributed by atoms with Gasteiger partial charge in [0, 0.05) is 13.1 Å². The van der Waals surface area contributed by atoms with Crippen LogP contribution in [0.3, 0.4) is 0 Å². The summed E-state index contributed by atoms with van der Waals surface area (Å²) in [5.74, 6) is 1.80. The summed E-state index contributed by atoms with van der Waals surface area (Å²) < 4.78 is 0. The van der Waals surface area contributed by atoms with E-state index in [4.69, 9.17) is 11.0 Å². The number of nitriles is 1. The number of aromatic nitrogens is 2. The Morgan fingerprint density at radius 1 is 1.65 bits per heavy atom. The number of anilines is 1. The third-order valence-electron chi connectivity index (χ3n) is 3.54. The smallest absolute Gasteiger partial charge is 0.169 e. The molecule has 17 heavy (non-hydrogen) atoms. The van der Waals surface area contributed by atoms with Crippen molar-refractivity contribution in [1.29, 1.82) is 5.26 Å². The molecule has 2 atom stereocenters. The van der Waals surface area contributed by atoms with E-state index in [0.29, 0.717) is 29.8 Å². The topological polar surface area (TPSA) is 78.8 Å². The minimum Gasteiger partial charge on any atom is -0.354 e. The van der Waals surface area contributed by atoms with Gasteiger partial charge >= 0.3 is 0 Å². The van der Waals surface area contributed by atoms with Crippen molar-refractivity contribution in [1.82, 2.24) is 10.2 Å². The summed E-state index contributed by atoms with van der Waals surface area (Å²) in [7, 11) is 0. The molecule has 1 aliphatic rings. The molecule has 2 heterocycles. The van der Waals surface area contributed by atoms with E-state index in [0.717, 1.165) is 19.5 Å². The molecule has 0 bridgehead atoms. The van der Waals surface area contributed by atoms with Gasteiger partial charge in [-0.05, 0) is 30.9 Å².